The largest absolute Gasteiger partial charge is 0.491 e. The van der Waals surface area contributed by atoms with Crippen molar-refractivity contribution in [2.45, 2.75) is 51.6 Å². The number of carbonyl (C=O) groups is 1. The first-order valence-electron chi connectivity index (χ1n) is 12.2. The molecule has 1 fully saturated rings. The summed E-state index contributed by atoms with van der Waals surface area (Å²) >= 11 is 0. The quantitative estimate of drug-likeness (QED) is 0.206. The number of amides is 1. The molecule has 0 heterocycles. The number of rotatable bonds is 13. The van der Waals surface area contributed by atoms with E-state index in [9.17, 15) is 14.3 Å². The average molecular weight is 471 g/mol. The van der Waals surface area contributed by atoms with Gasteiger partial charge in [-0.25, -0.2) is 4.39 Å². The second kappa shape index (κ2) is 16.0. The molecule has 1 aliphatic rings. The molecule has 0 aromatic heterocycles. The second-order valence-electron chi connectivity index (χ2n) is 8.92. The molecule has 1 amide bonds. The Hall–Kier alpha value is -2.70. The number of halogens is 1. The van der Waals surface area contributed by atoms with Crippen LogP contribution in [0.3, 0.4) is 0 Å². The standard InChI is InChI=1S/C21H33NO2.C7H6FNO/c1-3-7-18-11-12-19(14-18)9-6-13-22-15-20(23)16-24-21-10-5-4-8-17(21)2;8-6-1-3-7(4-2-6)9-5-10/h3-5,8,10,18-20,22-23H,1,6-7,9,11-16H2,2H3;1-5H,(H,9,10). The second-order valence-corrected chi connectivity index (χ2v) is 8.92. The van der Waals surface area contributed by atoms with Gasteiger partial charge >= 0.3 is 0 Å². The monoisotopic (exact) mass is 470 g/mol. The number of ether oxygens (including phenoxy) is 1. The smallest absolute Gasteiger partial charge is 0.211 e. The topological polar surface area (TPSA) is 70.6 Å². The summed E-state index contributed by atoms with van der Waals surface area (Å²) in [5, 5.41) is 15.7. The number of aliphatic hydroxyl groups excluding tert-OH is 1. The van der Waals surface area contributed by atoms with Gasteiger partial charge in [0.05, 0.1) is 0 Å². The molecule has 5 nitrogen and oxygen atoms in total. The van der Waals surface area contributed by atoms with Crippen molar-refractivity contribution in [3.8, 4) is 5.75 Å². The van der Waals surface area contributed by atoms with Gasteiger partial charge in [-0.1, -0.05) is 30.7 Å². The zero-order chi connectivity index (χ0) is 24.6. The Labute approximate surface area is 203 Å². The third kappa shape index (κ3) is 10.9. The molecule has 3 N–H and O–H groups in total. The summed E-state index contributed by atoms with van der Waals surface area (Å²) in [5.41, 5.74) is 1.69. The van der Waals surface area contributed by atoms with Crippen LogP contribution in [0.4, 0.5) is 10.1 Å². The summed E-state index contributed by atoms with van der Waals surface area (Å²) in [6, 6.07) is 13.4. The van der Waals surface area contributed by atoms with Crippen LogP contribution in [0.2, 0.25) is 0 Å². The van der Waals surface area contributed by atoms with E-state index in [0.717, 1.165) is 29.7 Å². The molecular formula is C28H39FN2O3. The minimum atomic E-state index is -0.465. The number of aliphatic hydroxyl groups is 1. The number of hydrogen-bond acceptors (Lipinski definition) is 4. The highest BCUT2D eigenvalue weighted by Gasteiger charge is 2.22. The van der Waals surface area contributed by atoms with Gasteiger partial charge in [-0.05, 0) is 93.3 Å². The summed E-state index contributed by atoms with van der Waals surface area (Å²) < 4.78 is 17.9. The van der Waals surface area contributed by atoms with Crippen molar-refractivity contribution in [1.82, 2.24) is 5.32 Å². The summed E-state index contributed by atoms with van der Waals surface area (Å²) in [7, 11) is 0. The lowest BCUT2D eigenvalue weighted by Crippen LogP contribution is -2.32. The Morgan fingerprint density at radius 2 is 1.91 bits per heavy atom. The van der Waals surface area contributed by atoms with Crippen molar-refractivity contribution in [2.24, 2.45) is 11.8 Å². The van der Waals surface area contributed by atoms with E-state index < -0.39 is 6.10 Å². The molecule has 1 saturated carbocycles. The van der Waals surface area contributed by atoms with Gasteiger partial charge in [-0.3, -0.25) is 4.79 Å². The number of allylic oxidation sites excluding steroid dienone is 1. The third-order valence-electron chi connectivity index (χ3n) is 6.09. The fraction of sp³-hybridized carbons (Fsp3) is 0.464. The molecule has 0 bridgehead atoms. The van der Waals surface area contributed by atoms with Crippen molar-refractivity contribution in [3.05, 3.63) is 72.6 Å². The van der Waals surface area contributed by atoms with E-state index in [0.29, 0.717) is 25.2 Å². The highest BCUT2D eigenvalue weighted by molar-refractivity contribution is 5.70. The number of aryl methyl sites for hydroxylation is 1. The van der Waals surface area contributed by atoms with Gasteiger partial charge in [-0.15, -0.1) is 6.58 Å². The first kappa shape index (κ1) is 27.5. The summed E-state index contributed by atoms with van der Waals surface area (Å²) in [6.45, 7) is 7.77. The van der Waals surface area contributed by atoms with Crippen LogP contribution in [-0.2, 0) is 4.79 Å². The highest BCUT2D eigenvalue weighted by Crippen LogP contribution is 2.35. The lowest BCUT2D eigenvalue weighted by molar-refractivity contribution is -0.105. The predicted octanol–water partition coefficient (Wildman–Crippen LogP) is 5.49. The first-order valence-corrected chi connectivity index (χ1v) is 12.2. The molecular weight excluding hydrogens is 431 g/mol. The van der Waals surface area contributed by atoms with Gasteiger partial charge in [0, 0.05) is 12.2 Å². The van der Waals surface area contributed by atoms with Crippen LogP contribution < -0.4 is 15.4 Å². The molecule has 2 aromatic carbocycles. The first-order chi connectivity index (χ1) is 16.5. The fourth-order valence-electron chi connectivity index (χ4n) is 4.25. The van der Waals surface area contributed by atoms with Crippen LogP contribution in [0, 0.1) is 24.6 Å². The highest BCUT2D eigenvalue weighted by atomic mass is 19.1. The summed E-state index contributed by atoms with van der Waals surface area (Å²) in [6.07, 6.45) is 9.95. The van der Waals surface area contributed by atoms with Crippen LogP contribution in [0.1, 0.15) is 44.1 Å². The van der Waals surface area contributed by atoms with E-state index in [1.165, 1.54) is 62.8 Å². The van der Waals surface area contributed by atoms with E-state index in [1.54, 1.807) is 0 Å². The molecule has 0 radical (unpaired) electrons. The zero-order valence-corrected chi connectivity index (χ0v) is 20.2. The predicted molar refractivity (Wildman–Crippen MR) is 137 cm³/mol. The molecule has 6 heteroatoms. The van der Waals surface area contributed by atoms with Crippen LogP contribution in [-0.4, -0.2) is 37.3 Å². The van der Waals surface area contributed by atoms with E-state index in [1.807, 2.05) is 31.2 Å². The Morgan fingerprint density at radius 3 is 2.62 bits per heavy atom. The number of nitrogens with one attached hydrogen (secondary N) is 2. The van der Waals surface area contributed by atoms with Crippen LogP contribution in [0.25, 0.3) is 0 Å². The van der Waals surface area contributed by atoms with Gasteiger partial charge in [-0.2, -0.15) is 0 Å². The minimum Gasteiger partial charge on any atom is -0.491 e. The third-order valence-corrected chi connectivity index (χ3v) is 6.09. The molecule has 1 aliphatic carbocycles. The SMILES string of the molecule is C=CCC1CCC(CCCNCC(O)COc2ccccc2C)C1.O=CNc1ccc(F)cc1. The van der Waals surface area contributed by atoms with Crippen molar-refractivity contribution >= 4 is 12.1 Å². The van der Waals surface area contributed by atoms with Gasteiger partial charge in [0.2, 0.25) is 6.41 Å². The maximum atomic E-state index is 12.2. The Balaban J connectivity index is 0.000000340. The molecule has 0 spiro atoms. The maximum Gasteiger partial charge on any atom is 0.211 e. The lowest BCUT2D eigenvalue weighted by atomic mass is 9.98. The molecule has 2 aromatic rings. The Bertz CT molecular complexity index is 844. The summed E-state index contributed by atoms with van der Waals surface area (Å²) in [4.78, 5) is 9.85. The Kier molecular flexibility index (Phi) is 13.0. The van der Waals surface area contributed by atoms with Gasteiger partial charge in [0.1, 0.15) is 24.3 Å². The number of hydrogen-bond donors (Lipinski definition) is 3. The number of carbonyl (C=O) groups excluding carboxylic acids is 1. The lowest BCUT2D eigenvalue weighted by Gasteiger charge is -2.15. The van der Waals surface area contributed by atoms with Crippen LogP contribution in [0.15, 0.2) is 61.2 Å². The van der Waals surface area contributed by atoms with Gasteiger partial charge in [0.25, 0.3) is 0 Å². The van der Waals surface area contributed by atoms with Crippen molar-refractivity contribution in [1.29, 1.82) is 0 Å². The van der Waals surface area contributed by atoms with Gasteiger partial charge < -0.3 is 20.5 Å². The van der Waals surface area contributed by atoms with Crippen molar-refractivity contribution in [2.75, 3.05) is 25.0 Å². The number of anilines is 1. The van der Waals surface area contributed by atoms with Crippen molar-refractivity contribution < 1.29 is 19.0 Å². The molecule has 0 aliphatic heterocycles. The Morgan fingerprint density at radius 1 is 1.18 bits per heavy atom. The minimum absolute atomic E-state index is 0.309. The van der Waals surface area contributed by atoms with Crippen LogP contribution in [0.5, 0.6) is 5.75 Å². The molecule has 0 saturated heterocycles. The van der Waals surface area contributed by atoms with E-state index in [4.69, 9.17) is 4.74 Å². The zero-order valence-electron chi connectivity index (χ0n) is 20.2. The maximum absolute atomic E-state index is 12.2. The molecule has 3 rings (SSSR count). The fourth-order valence-corrected chi connectivity index (χ4v) is 4.25. The normalized spacial score (nSPS) is 17.9. The summed E-state index contributed by atoms with van der Waals surface area (Å²) in [5.74, 6) is 2.32. The molecule has 186 valence electrons. The van der Waals surface area contributed by atoms with E-state index in [2.05, 4.69) is 23.3 Å². The number of benzene rings is 2. The van der Waals surface area contributed by atoms with Crippen molar-refractivity contribution in [3.63, 3.8) is 0 Å². The molecule has 3 atom stereocenters. The molecule has 3 unspecified atom stereocenters. The molecule has 34 heavy (non-hydrogen) atoms. The van der Waals surface area contributed by atoms with E-state index >= 15 is 0 Å². The van der Waals surface area contributed by atoms with E-state index in [-0.39, 0.29) is 5.82 Å². The van der Waals surface area contributed by atoms with Crippen LogP contribution >= 0.6 is 0 Å². The average Bonchev–Trinajstić information content (AvgIpc) is 3.28. The van der Waals surface area contributed by atoms with Gasteiger partial charge in [0.15, 0.2) is 0 Å². The number of para-hydroxylation sites is 1.